The standard InChI is InChI=1S/C42H54N7O.C7H11NO.2C2H6.K/c1-7-10-33-21-35(13-14-36(33)40(50)30(4)8-2)48-19-17-47(18-20-48)24-31-25-49(26-31)39(45-5)23-38(44)46(6)37-22-34(12-11-32(37)9-3)42(29-43)27-41(28-42)15-16-41;1-5-3-4-6(2)8-7(5)9;2*1-2;/h7,9-14,21-23,30-31H,3,8,15-20,24-28H2,1-2,4-6H3,(H-,44,45);5H,2-4H2,1H3,(H,8,9);2*1-2H3;/q-1;;;;+1/b10-7+;;;;. The average Bonchev–Trinajstić information content (AvgIpc) is 4.09. The second kappa shape index (κ2) is 25.4. The maximum atomic E-state index is 13.0. The summed E-state index contributed by atoms with van der Waals surface area (Å²) in [6, 6.07) is 15.2. The van der Waals surface area contributed by atoms with Crippen molar-refractivity contribution in [3.63, 3.8) is 0 Å². The Kier molecular flexibility index (Phi) is 21.8. The summed E-state index contributed by atoms with van der Waals surface area (Å²) in [5.74, 6) is 2.30. The molecule has 3 aliphatic heterocycles. The summed E-state index contributed by atoms with van der Waals surface area (Å²) in [4.78, 5) is 33.0. The Morgan fingerprint density at radius 1 is 1.08 bits per heavy atom. The van der Waals surface area contributed by atoms with Gasteiger partial charge in [-0.05, 0) is 123 Å². The molecule has 3 saturated heterocycles. The number of allylic oxidation sites excluding steroid dienone is 2. The Bertz CT molecular complexity index is 2020. The van der Waals surface area contributed by atoms with Crippen molar-refractivity contribution >= 4 is 41.1 Å². The number of likely N-dealkylation sites (tertiary alicyclic amines) is 1. The third-order valence-electron chi connectivity index (χ3n) is 13.4. The molecule has 2 unspecified atom stereocenters. The molecule has 2 saturated carbocycles. The number of hydrogen-bond donors (Lipinski definition) is 2. The van der Waals surface area contributed by atoms with Crippen molar-refractivity contribution in [3.05, 3.63) is 101 Å². The van der Waals surface area contributed by atoms with Crippen LogP contribution in [-0.2, 0) is 10.2 Å². The van der Waals surface area contributed by atoms with Gasteiger partial charge in [-0.2, -0.15) is 5.26 Å². The molecule has 10 nitrogen and oxygen atoms in total. The summed E-state index contributed by atoms with van der Waals surface area (Å²) in [6.45, 7) is 30.6. The summed E-state index contributed by atoms with van der Waals surface area (Å²) in [7, 11) is 3.72. The fraction of sp³-hybridized carbons (Fsp3) is 0.547. The van der Waals surface area contributed by atoms with Crippen molar-refractivity contribution in [3.8, 4) is 6.07 Å². The van der Waals surface area contributed by atoms with E-state index in [-0.39, 0.29) is 74.9 Å². The maximum Gasteiger partial charge on any atom is 1.00 e. The molecule has 342 valence electrons. The zero-order valence-electron chi connectivity index (χ0n) is 41.3. The molecule has 0 aromatic heterocycles. The van der Waals surface area contributed by atoms with E-state index >= 15 is 0 Å². The Hall–Kier alpha value is -3.50. The number of hydrogen-bond acceptors (Lipinski definition) is 7. The predicted molar refractivity (Wildman–Crippen MR) is 265 cm³/mol. The number of rotatable bonds is 13. The van der Waals surface area contributed by atoms with E-state index in [1.54, 1.807) is 7.05 Å². The third kappa shape index (κ3) is 13.3. The number of amidine groups is 1. The van der Waals surface area contributed by atoms with Crippen LogP contribution in [0, 0.1) is 39.9 Å². The van der Waals surface area contributed by atoms with Gasteiger partial charge in [0.1, 0.15) is 5.84 Å². The molecule has 2 N–H and O–H groups in total. The average molecular weight is 897 g/mol. The second-order valence-electron chi connectivity index (χ2n) is 17.7. The zero-order chi connectivity index (χ0) is 46.5. The van der Waals surface area contributed by atoms with Gasteiger partial charge in [0.15, 0.2) is 5.78 Å². The first-order valence-corrected chi connectivity index (χ1v) is 23.6. The van der Waals surface area contributed by atoms with E-state index in [1.165, 1.54) is 18.5 Å². The van der Waals surface area contributed by atoms with Crippen LogP contribution in [0.4, 0.5) is 11.4 Å². The number of anilines is 2. The minimum atomic E-state index is -0.414. The molecule has 5 aliphatic rings. The Morgan fingerprint density at radius 3 is 2.27 bits per heavy atom. The van der Waals surface area contributed by atoms with E-state index in [9.17, 15) is 14.9 Å². The fourth-order valence-corrected chi connectivity index (χ4v) is 9.10. The van der Waals surface area contributed by atoms with Crippen LogP contribution in [0.3, 0.4) is 0 Å². The van der Waals surface area contributed by atoms with Gasteiger partial charge >= 0.3 is 51.4 Å². The Balaban J connectivity index is 0.000000681. The van der Waals surface area contributed by atoms with Crippen LogP contribution >= 0.6 is 0 Å². The monoisotopic (exact) mass is 897 g/mol. The molecule has 0 radical (unpaired) electrons. The molecular formula is C53H77KN8O2. The predicted octanol–water partition coefficient (Wildman–Crippen LogP) is 8.04. The molecule has 1 spiro atoms. The van der Waals surface area contributed by atoms with Crippen LogP contribution in [0.1, 0.15) is 127 Å². The van der Waals surface area contributed by atoms with Crippen LogP contribution in [0.15, 0.2) is 73.2 Å². The number of amides is 1. The van der Waals surface area contributed by atoms with Crippen molar-refractivity contribution in [1.29, 1.82) is 10.7 Å². The van der Waals surface area contributed by atoms with E-state index in [2.05, 4.69) is 81.8 Å². The number of piperazine rings is 1. The quantitative estimate of drug-likeness (QED) is 0.0905. The van der Waals surface area contributed by atoms with E-state index in [0.29, 0.717) is 17.2 Å². The van der Waals surface area contributed by atoms with Crippen LogP contribution in [-0.4, -0.2) is 87.2 Å². The minimum absolute atomic E-state index is 0. The SMILES string of the molecule is C=C1CCC(C)C(=O)N1.C=Cc1ccc(C2(C#N)CC3(CC3)C2)cc1N(C)C(=N)/C=C(\[N-]C)N1CC(CN2CCN(c3ccc(C(=O)C(C)CC)c(/C=C/C)c3)CC2)C1.CC.CC.[K+]. The molecule has 3 heterocycles. The number of nitrogens with one attached hydrogen (secondary N) is 2. The molecule has 0 bridgehead atoms. The Labute approximate surface area is 429 Å². The van der Waals surface area contributed by atoms with Crippen molar-refractivity contribution in [1.82, 2.24) is 15.1 Å². The van der Waals surface area contributed by atoms with E-state index < -0.39 is 5.41 Å². The van der Waals surface area contributed by atoms with Gasteiger partial charge in [0, 0.05) is 74.2 Å². The van der Waals surface area contributed by atoms with Crippen molar-refractivity contribution in [2.24, 2.45) is 23.2 Å². The minimum Gasteiger partial charge on any atom is -0.469 e. The summed E-state index contributed by atoms with van der Waals surface area (Å²) < 4.78 is 0. The number of ketones is 1. The largest absolute Gasteiger partial charge is 1.00 e. The van der Waals surface area contributed by atoms with E-state index in [1.807, 2.05) is 90.8 Å². The van der Waals surface area contributed by atoms with Gasteiger partial charge in [-0.15, -0.1) is 0 Å². The number of nitriles is 1. The van der Waals surface area contributed by atoms with Crippen LogP contribution < -0.4 is 66.5 Å². The van der Waals surface area contributed by atoms with Crippen LogP contribution in [0.25, 0.3) is 17.5 Å². The van der Waals surface area contributed by atoms with Gasteiger partial charge in [0.2, 0.25) is 5.91 Å². The summed E-state index contributed by atoms with van der Waals surface area (Å²) >= 11 is 0. The number of nitrogens with zero attached hydrogens (tertiary/aromatic N) is 6. The van der Waals surface area contributed by atoms with Gasteiger partial charge in [0.25, 0.3) is 0 Å². The topological polar surface area (TPSA) is 121 Å². The molecule has 1 amide bonds. The first-order valence-electron chi connectivity index (χ1n) is 23.6. The molecule has 2 aliphatic carbocycles. The van der Waals surface area contributed by atoms with Gasteiger partial charge in [-0.3, -0.25) is 19.9 Å². The molecule has 7 rings (SSSR count). The molecule has 2 aromatic carbocycles. The number of likely N-dealkylation sites (N-methyl/N-ethyl adjacent to an activating group) is 1. The van der Waals surface area contributed by atoms with E-state index in [4.69, 9.17) is 5.41 Å². The number of piperidine rings is 1. The number of carbonyl (C=O) groups is 2. The first-order chi connectivity index (χ1) is 30.3. The number of benzene rings is 2. The van der Waals surface area contributed by atoms with Crippen LogP contribution in [0.2, 0.25) is 0 Å². The van der Waals surface area contributed by atoms with Gasteiger partial charge in [-0.1, -0.05) is 105 Å². The molecule has 64 heavy (non-hydrogen) atoms. The second-order valence-corrected chi connectivity index (χ2v) is 17.7. The number of Topliss-reactive ketones (excluding diaryl/α,β-unsaturated/α-hetero) is 1. The molecule has 2 aromatic rings. The van der Waals surface area contributed by atoms with Crippen molar-refractivity contribution < 1.29 is 61.0 Å². The first kappa shape index (κ1) is 54.8. The molecular weight excluding hydrogens is 820 g/mol. The third-order valence-corrected chi connectivity index (χ3v) is 13.4. The van der Waals surface area contributed by atoms with E-state index in [0.717, 1.165) is 117 Å². The maximum absolute atomic E-state index is 13.0. The fourth-order valence-electron chi connectivity index (χ4n) is 9.10. The zero-order valence-corrected chi connectivity index (χ0v) is 44.4. The molecule has 2 atom stereocenters. The summed E-state index contributed by atoms with van der Waals surface area (Å²) in [5.41, 5.74) is 6.78. The van der Waals surface area contributed by atoms with Gasteiger partial charge in [0.05, 0.1) is 11.5 Å². The summed E-state index contributed by atoms with van der Waals surface area (Å²) in [6.07, 6.45) is 14.9. The van der Waals surface area contributed by atoms with Gasteiger partial charge < -0.3 is 25.3 Å². The summed E-state index contributed by atoms with van der Waals surface area (Å²) in [5, 5.41) is 26.4. The van der Waals surface area contributed by atoms with Crippen molar-refractivity contribution in [2.45, 2.75) is 106 Å². The molecule has 5 fully saturated rings. The smallest absolute Gasteiger partial charge is 0.469 e. The van der Waals surface area contributed by atoms with Crippen molar-refractivity contribution in [2.75, 3.05) is 69.7 Å². The normalized spacial score (nSPS) is 20.1. The Morgan fingerprint density at radius 2 is 1.73 bits per heavy atom. The number of carbonyl (C=O) groups excluding carboxylic acids is 2. The van der Waals surface area contributed by atoms with Gasteiger partial charge in [-0.25, -0.2) is 0 Å². The molecule has 11 heteroatoms. The van der Waals surface area contributed by atoms with Crippen LogP contribution in [0.5, 0.6) is 0 Å².